The van der Waals surface area contributed by atoms with Crippen molar-refractivity contribution in [1.29, 1.82) is 0 Å². The summed E-state index contributed by atoms with van der Waals surface area (Å²) in [6, 6.07) is 63.9. The maximum absolute atomic E-state index is 6.89. The third-order valence-corrected chi connectivity index (χ3v) is 11.5. The lowest BCUT2D eigenvalue weighted by molar-refractivity contribution is 0.666. The number of hydrogen-bond acceptors (Lipinski definition) is 4. The molecule has 0 fully saturated rings. The average molecular weight is 729 g/mol. The van der Waals surface area contributed by atoms with E-state index in [4.69, 9.17) is 19.4 Å². The maximum atomic E-state index is 6.89. The zero-order valence-corrected chi connectivity index (χ0v) is 30.7. The van der Waals surface area contributed by atoms with Crippen molar-refractivity contribution in [1.82, 2.24) is 19.5 Å². The SMILES string of the molecule is c1ccc(-c2ccc3c(c2)c2ccccc2n3-c2cccc3c2oc2cccc(-c4nc(-c5ccccc5)nc(-c5cccc6c5Cc5ccccc5-6)n4)c23)cc1. The predicted octanol–water partition coefficient (Wildman–Crippen LogP) is 13.1. The summed E-state index contributed by atoms with van der Waals surface area (Å²) in [5.41, 5.74) is 15.1. The van der Waals surface area contributed by atoms with Gasteiger partial charge in [-0.25, -0.2) is 15.0 Å². The van der Waals surface area contributed by atoms with Crippen LogP contribution in [0.2, 0.25) is 0 Å². The van der Waals surface area contributed by atoms with Gasteiger partial charge in [0.05, 0.1) is 16.7 Å². The Bertz CT molecular complexity index is 3380. The predicted molar refractivity (Wildman–Crippen MR) is 231 cm³/mol. The summed E-state index contributed by atoms with van der Waals surface area (Å²) in [5, 5.41) is 4.37. The van der Waals surface area contributed by atoms with Crippen LogP contribution in [0.1, 0.15) is 11.1 Å². The molecule has 3 aromatic heterocycles. The summed E-state index contributed by atoms with van der Waals surface area (Å²) >= 11 is 0. The molecule has 5 nitrogen and oxygen atoms in total. The molecule has 0 atom stereocenters. The van der Waals surface area contributed by atoms with Crippen LogP contribution >= 0.6 is 0 Å². The van der Waals surface area contributed by atoms with E-state index in [0.717, 1.165) is 61.8 Å². The highest BCUT2D eigenvalue weighted by atomic mass is 16.3. The van der Waals surface area contributed by atoms with Crippen molar-refractivity contribution in [2.45, 2.75) is 6.42 Å². The van der Waals surface area contributed by atoms with E-state index in [1.54, 1.807) is 0 Å². The Morgan fingerprint density at radius 1 is 0.421 bits per heavy atom. The normalized spacial score (nSPS) is 12.1. The Balaban J connectivity index is 1.07. The second-order valence-corrected chi connectivity index (χ2v) is 14.7. The average Bonchev–Trinajstić information content (AvgIpc) is 3.96. The fourth-order valence-corrected chi connectivity index (χ4v) is 8.94. The highest BCUT2D eigenvalue weighted by Gasteiger charge is 2.25. The Labute approximate surface area is 328 Å². The molecule has 266 valence electrons. The molecular formula is C52H32N4O. The fourth-order valence-electron chi connectivity index (χ4n) is 8.94. The van der Waals surface area contributed by atoms with Crippen molar-refractivity contribution in [3.05, 3.63) is 193 Å². The molecule has 0 saturated carbocycles. The Morgan fingerprint density at radius 3 is 1.93 bits per heavy atom. The third kappa shape index (κ3) is 4.92. The molecule has 1 aliphatic carbocycles. The molecule has 0 aliphatic heterocycles. The van der Waals surface area contributed by atoms with Gasteiger partial charge in [-0.3, -0.25) is 0 Å². The zero-order valence-electron chi connectivity index (χ0n) is 30.7. The molecule has 0 bridgehead atoms. The first-order chi connectivity index (χ1) is 28.3. The zero-order chi connectivity index (χ0) is 37.5. The molecule has 0 amide bonds. The summed E-state index contributed by atoms with van der Waals surface area (Å²) in [7, 11) is 0. The molecule has 0 unspecified atom stereocenters. The van der Waals surface area contributed by atoms with Crippen molar-refractivity contribution in [3.63, 3.8) is 0 Å². The van der Waals surface area contributed by atoms with Crippen LogP contribution in [0.4, 0.5) is 0 Å². The van der Waals surface area contributed by atoms with Gasteiger partial charge in [0, 0.05) is 38.2 Å². The van der Waals surface area contributed by atoms with E-state index in [9.17, 15) is 0 Å². The van der Waals surface area contributed by atoms with Crippen LogP contribution in [0.5, 0.6) is 0 Å². The second kappa shape index (κ2) is 12.4. The minimum atomic E-state index is 0.607. The first-order valence-corrected chi connectivity index (χ1v) is 19.3. The van der Waals surface area contributed by atoms with E-state index >= 15 is 0 Å². The molecule has 57 heavy (non-hydrogen) atoms. The summed E-state index contributed by atoms with van der Waals surface area (Å²) in [6.45, 7) is 0. The van der Waals surface area contributed by atoms with E-state index in [2.05, 4.69) is 156 Å². The van der Waals surface area contributed by atoms with Gasteiger partial charge >= 0.3 is 0 Å². The van der Waals surface area contributed by atoms with Crippen LogP contribution in [-0.4, -0.2) is 19.5 Å². The number of fused-ring (bicyclic) bond motifs is 9. The van der Waals surface area contributed by atoms with Gasteiger partial charge in [-0.15, -0.1) is 0 Å². The van der Waals surface area contributed by atoms with E-state index in [1.165, 1.54) is 44.2 Å². The van der Waals surface area contributed by atoms with Crippen LogP contribution in [0, 0.1) is 0 Å². The van der Waals surface area contributed by atoms with Crippen LogP contribution in [-0.2, 0) is 6.42 Å². The standard InChI is InChI=1S/C52H32N4O/c1-3-14-32(15-4-1)34-28-29-45-43(30-34)38-20-9-10-25-44(38)56(45)46-26-12-23-40-48-41(24-13-27-47(48)57-49(40)46)52-54-50(33-16-5-2-6-17-33)53-51(55-52)39-22-11-21-37-36-19-8-7-18-35(36)31-42(37)39/h1-30H,31H2. The first-order valence-electron chi connectivity index (χ1n) is 19.3. The quantitative estimate of drug-likeness (QED) is 0.177. The van der Waals surface area contributed by atoms with Crippen molar-refractivity contribution >= 4 is 43.7 Å². The minimum absolute atomic E-state index is 0.607. The van der Waals surface area contributed by atoms with Gasteiger partial charge in [0.15, 0.2) is 23.1 Å². The summed E-state index contributed by atoms with van der Waals surface area (Å²) in [4.78, 5) is 15.6. The molecule has 8 aromatic carbocycles. The Kier molecular flexibility index (Phi) is 6.92. The molecular weight excluding hydrogens is 697 g/mol. The molecule has 11 aromatic rings. The highest BCUT2D eigenvalue weighted by molar-refractivity contribution is 6.16. The number of hydrogen-bond donors (Lipinski definition) is 0. The summed E-state index contributed by atoms with van der Waals surface area (Å²) in [6.07, 6.45) is 0.838. The Hall–Kier alpha value is -7.63. The van der Waals surface area contributed by atoms with Gasteiger partial charge in [0.25, 0.3) is 0 Å². The second-order valence-electron chi connectivity index (χ2n) is 14.7. The lowest BCUT2D eigenvalue weighted by Crippen LogP contribution is -2.02. The van der Waals surface area contributed by atoms with Gasteiger partial charge in [-0.1, -0.05) is 152 Å². The largest absolute Gasteiger partial charge is 0.454 e. The van der Waals surface area contributed by atoms with Crippen LogP contribution < -0.4 is 0 Å². The molecule has 0 radical (unpaired) electrons. The molecule has 5 heteroatoms. The van der Waals surface area contributed by atoms with Crippen molar-refractivity contribution in [2.75, 3.05) is 0 Å². The van der Waals surface area contributed by atoms with Crippen molar-refractivity contribution in [3.8, 4) is 62.1 Å². The maximum Gasteiger partial charge on any atom is 0.164 e. The molecule has 0 spiro atoms. The van der Waals surface area contributed by atoms with Crippen molar-refractivity contribution < 1.29 is 4.42 Å². The highest BCUT2D eigenvalue weighted by Crippen LogP contribution is 2.44. The lowest BCUT2D eigenvalue weighted by Gasteiger charge is -2.12. The van der Waals surface area contributed by atoms with E-state index < -0.39 is 0 Å². The van der Waals surface area contributed by atoms with Gasteiger partial charge in [0.2, 0.25) is 0 Å². The number of furan rings is 1. The van der Waals surface area contributed by atoms with E-state index in [1.807, 2.05) is 30.3 Å². The number of para-hydroxylation sites is 2. The summed E-state index contributed by atoms with van der Waals surface area (Å²) in [5.74, 6) is 1.90. The van der Waals surface area contributed by atoms with Gasteiger partial charge in [-0.05, 0) is 70.1 Å². The molecule has 0 N–H and O–H groups in total. The Morgan fingerprint density at radius 2 is 1.05 bits per heavy atom. The van der Waals surface area contributed by atoms with Crippen molar-refractivity contribution in [2.24, 2.45) is 0 Å². The van der Waals surface area contributed by atoms with Crippen LogP contribution in [0.15, 0.2) is 186 Å². The lowest BCUT2D eigenvalue weighted by atomic mass is 10.0. The topological polar surface area (TPSA) is 56.7 Å². The van der Waals surface area contributed by atoms with Crippen LogP contribution in [0.3, 0.4) is 0 Å². The van der Waals surface area contributed by atoms with Gasteiger partial charge in [-0.2, -0.15) is 0 Å². The number of nitrogens with zero attached hydrogens (tertiary/aromatic N) is 4. The smallest absolute Gasteiger partial charge is 0.164 e. The molecule has 3 heterocycles. The fraction of sp³-hybridized carbons (Fsp3) is 0.0192. The van der Waals surface area contributed by atoms with E-state index in [0.29, 0.717) is 17.5 Å². The monoisotopic (exact) mass is 728 g/mol. The first kappa shape index (κ1) is 31.7. The minimum Gasteiger partial charge on any atom is -0.454 e. The molecule has 12 rings (SSSR count). The number of aromatic nitrogens is 4. The number of benzene rings is 8. The van der Waals surface area contributed by atoms with Gasteiger partial charge in [0.1, 0.15) is 5.58 Å². The summed E-state index contributed by atoms with van der Waals surface area (Å²) < 4.78 is 9.23. The molecule has 0 saturated heterocycles. The number of rotatable bonds is 5. The van der Waals surface area contributed by atoms with Crippen LogP contribution in [0.25, 0.3) is 106 Å². The van der Waals surface area contributed by atoms with E-state index in [-0.39, 0.29) is 0 Å². The van der Waals surface area contributed by atoms with Gasteiger partial charge < -0.3 is 8.98 Å². The third-order valence-electron chi connectivity index (χ3n) is 11.5. The molecule has 1 aliphatic rings.